The molecule has 0 saturated heterocycles. The number of aromatic hydroxyl groups is 1. The van der Waals surface area contributed by atoms with Gasteiger partial charge in [0, 0.05) is 11.5 Å². The molecule has 0 aromatic heterocycles. The van der Waals surface area contributed by atoms with E-state index in [1.54, 1.807) is 24.3 Å². The normalized spacial score (nSPS) is 42.7. The molecule has 6 rings (SSSR count). The Balaban J connectivity index is 1.23. The summed E-state index contributed by atoms with van der Waals surface area (Å²) >= 11 is 0. The Morgan fingerprint density at radius 1 is 0.913 bits per heavy atom. The Kier molecular flexibility index (Phi) is 8.04. The number of hydrogen-bond donors (Lipinski definition) is 2. The van der Waals surface area contributed by atoms with Crippen LogP contribution in [0.4, 0.5) is 0 Å². The summed E-state index contributed by atoms with van der Waals surface area (Å²) in [4.78, 5) is 26.1. The number of ether oxygens (including phenoxy) is 2. The second-order valence-corrected chi connectivity index (χ2v) is 17.2. The molecule has 6 nitrogen and oxygen atoms in total. The van der Waals surface area contributed by atoms with Gasteiger partial charge in [-0.1, -0.05) is 52.8 Å². The van der Waals surface area contributed by atoms with Crippen molar-refractivity contribution in [3.63, 3.8) is 0 Å². The van der Waals surface area contributed by atoms with Crippen molar-refractivity contribution >= 4 is 18.0 Å². The van der Waals surface area contributed by atoms with Crippen LogP contribution in [0.2, 0.25) is 0 Å². The van der Waals surface area contributed by atoms with Crippen molar-refractivity contribution < 1.29 is 29.3 Å². The summed E-state index contributed by atoms with van der Waals surface area (Å²) in [7, 11) is 1.50. The minimum Gasteiger partial charge on any atom is -0.504 e. The molecule has 6 heteroatoms. The number of carbonyl (C=O) groups excluding carboxylic acids is 1. The first-order valence-electron chi connectivity index (χ1n) is 17.7. The molecule has 46 heavy (non-hydrogen) atoms. The number of rotatable bonds is 6. The fraction of sp³-hybridized carbons (Fsp3) is 0.700. The molecule has 2 N–H and O–H groups in total. The predicted octanol–water partition coefficient (Wildman–Crippen LogP) is 9.07. The molecule has 0 aliphatic heterocycles. The lowest BCUT2D eigenvalue weighted by molar-refractivity contribution is -0.250. The van der Waals surface area contributed by atoms with Crippen LogP contribution in [0.15, 0.2) is 36.4 Å². The third-order valence-corrected chi connectivity index (χ3v) is 15.3. The Bertz CT molecular complexity index is 1440. The fourth-order valence-corrected chi connectivity index (χ4v) is 12.8. The van der Waals surface area contributed by atoms with Crippen molar-refractivity contribution in [1.29, 1.82) is 0 Å². The van der Waals surface area contributed by atoms with Crippen LogP contribution in [-0.4, -0.2) is 35.4 Å². The Morgan fingerprint density at radius 2 is 1.65 bits per heavy atom. The second-order valence-electron chi connectivity index (χ2n) is 17.2. The molecule has 5 aliphatic rings. The van der Waals surface area contributed by atoms with Crippen molar-refractivity contribution in [3.05, 3.63) is 42.0 Å². The highest BCUT2D eigenvalue weighted by Gasteiger charge is 2.72. The Hall–Kier alpha value is -2.76. The minimum absolute atomic E-state index is 0.0618. The topological polar surface area (TPSA) is 93.1 Å². The molecule has 1 aromatic carbocycles. The first-order valence-corrected chi connectivity index (χ1v) is 17.7. The highest BCUT2D eigenvalue weighted by molar-refractivity contribution is 5.87. The largest absolute Gasteiger partial charge is 0.504 e. The van der Waals surface area contributed by atoms with Crippen LogP contribution in [0.5, 0.6) is 11.5 Å². The summed E-state index contributed by atoms with van der Waals surface area (Å²) < 4.78 is 11.4. The number of allylic oxidation sites excluding steroid dienone is 1. The number of methoxy groups -OCH3 is 1. The minimum atomic E-state index is -0.592. The third kappa shape index (κ3) is 4.62. The van der Waals surface area contributed by atoms with Crippen LogP contribution in [0.25, 0.3) is 6.08 Å². The van der Waals surface area contributed by atoms with E-state index in [4.69, 9.17) is 9.47 Å². The van der Waals surface area contributed by atoms with Gasteiger partial charge in [0.2, 0.25) is 0 Å². The van der Waals surface area contributed by atoms with Gasteiger partial charge in [0.1, 0.15) is 6.10 Å². The number of benzene rings is 1. The highest BCUT2D eigenvalue weighted by atomic mass is 16.5. The smallest absolute Gasteiger partial charge is 0.331 e. The van der Waals surface area contributed by atoms with Crippen LogP contribution < -0.4 is 4.74 Å². The molecular formula is C40H56O6. The van der Waals surface area contributed by atoms with Gasteiger partial charge in [0.25, 0.3) is 0 Å². The number of phenols is 1. The monoisotopic (exact) mass is 632 g/mol. The van der Waals surface area contributed by atoms with Gasteiger partial charge in [-0.05, 0) is 141 Å². The van der Waals surface area contributed by atoms with Crippen LogP contribution in [-0.2, 0) is 14.3 Å². The van der Waals surface area contributed by atoms with E-state index in [1.807, 2.05) is 0 Å². The molecule has 5 fully saturated rings. The molecule has 252 valence electrons. The van der Waals surface area contributed by atoms with Gasteiger partial charge >= 0.3 is 11.9 Å². The van der Waals surface area contributed by atoms with Crippen LogP contribution in [0, 0.1) is 56.7 Å². The number of carboxylic acid groups (broad SMARTS) is 1. The quantitative estimate of drug-likeness (QED) is 0.185. The van der Waals surface area contributed by atoms with E-state index in [2.05, 4.69) is 48.1 Å². The van der Waals surface area contributed by atoms with Gasteiger partial charge in [-0.25, -0.2) is 4.79 Å². The maximum Gasteiger partial charge on any atom is 0.331 e. The van der Waals surface area contributed by atoms with Crippen LogP contribution >= 0.6 is 0 Å². The molecule has 5 saturated carbocycles. The number of carbonyl (C=O) groups is 2. The molecule has 5 aliphatic carbocycles. The van der Waals surface area contributed by atoms with Crippen molar-refractivity contribution in [2.24, 2.45) is 56.7 Å². The highest BCUT2D eigenvalue weighted by Crippen LogP contribution is 2.77. The van der Waals surface area contributed by atoms with Crippen LogP contribution in [0.3, 0.4) is 0 Å². The number of aliphatic carboxylic acids is 1. The van der Waals surface area contributed by atoms with E-state index >= 15 is 0 Å². The van der Waals surface area contributed by atoms with Crippen molar-refractivity contribution in [1.82, 2.24) is 0 Å². The summed E-state index contributed by atoms with van der Waals surface area (Å²) in [5.74, 6) is 1.42. The lowest BCUT2D eigenvalue weighted by atomic mass is 9.32. The SMILES string of the molecule is C=C(C)[C@@H]1CC[C@]2(C(=O)O)CC[C@]3(C)C(CC[C@@H]4[C@@]5(C)CC[C@H](OC(=O)/C=C/c6ccc(O)c(OC)c6)C(C)(C)C5CC[C@]43C)C12. The summed E-state index contributed by atoms with van der Waals surface area (Å²) in [6.07, 6.45) is 13.0. The van der Waals surface area contributed by atoms with Gasteiger partial charge in [-0.3, -0.25) is 4.79 Å². The first-order chi connectivity index (χ1) is 21.5. The Labute approximate surface area is 276 Å². The molecule has 1 aromatic rings. The molecular weight excluding hydrogens is 576 g/mol. The van der Waals surface area contributed by atoms with Gasteiger partial charge in [-0.15, -0.1) is 0 Å². The molecule has 0 amide bonds. The number of carboxylic acids is 1. The molecule has 0 spiro atoms. The lowest BCUT2D eigenvalue weighted by Crippen LogP contribution is -2.67. The zero-order chi connectivity index (χ0) is 33.4. The average molecular weight is 633 g/mol. The van der Waals surface area contributed by atoms with Crippen molar-refractivity contribution in [2.45, 2.75) is 112 Å². The fourth-order valence-electron chi connectivity index (χ4n) is 12.8. The van der Waals surface area contributed by atoms with Gasteiger partial charge in [0.15, 0.2) is 11.5 Å². The van der Waals surface area contributed by atoms with E-state index < -0.39 is 11.4 Å². The zero-order valence-electron chi connectivity index (χ0n) is 29.2. The van der Waals surface area contributed by atoms with E-state index in [9.17, 15) is 19.8 Å². The van der Waals surface area contributed by atoms with E-state index in [-0.39, 0.29) is 45.4 Å². The summed E-state index contributed by atoms with van der Waals surface area (Å²) in [5.41, 5.74) is 1.54. The number of esters is 1. The number of hydrogen-bond acceptors (Lipinski definition) is 5. The van der Waals surface area contributed by atoms with Gasteiger partial charge < -0.3 is 19.7 Å². The number of phenolic OH excluding ortho intramolecular Hbond substituents is 1. The second kappa shape index (κ2) is 11.2. The molecule has 0 bridgehead atoms. The number of fused-ring (bicyclic) bond motifs is 7. The maximum atomic E-state index is 13.1. The van der Waals surface area contributed by atoms with Gasteiger partial charge in [-0.2, -0.15) is 0 Å². The Morgan fingerprint density at radius 3 is 2.33 bits per heavy atom. The molecule has 0 heterocycles. The standard InChI is InChI=1S/C40H56O6/c1-24(2)26-15-20-40(35(43)44)22-21-38(6)27(34(26)40)11-13-31-37(5)18-17-32(36(3,4)30(37)16-19-39(31,38)7)46-33(42)14-10-25-9-12-28(41)29(23-25)45-8/h9-10,12,14,23,26-27,30-32,34,41H,1,11,13,15-22H2,2-8H3,(H,43,44)/b14-10+/t26-,27?,30?,31+,32-,34?,37-,38+,39+,40-/m0/s1. The van der Waals surface area contributed by atoms with E-state index in [0.717, 1.165) is 69.8 Å². The van der Waals surface area contributed by atoms with Gasteiger partial charge in [0.05, 0.1) is 12.5 Å². The average Bonchev–Trinajstić information content (AvgIpc) is 3.40. The maximum absolute atomic E-state index is 13.1. The summed E-state index contributed by atoms with van der Waals surface area (Å²) in [6.45, 7) is 18.8. The predicted molar refractivity (Wildman–Crippen MR) is 180 cm³/mol. The van der Waals surface area contributed by atoms with Crippen molar-refractivity contribution in [2.75, 3.05) is 7.11 Å². The van der Waals surface area contributed by atoms with Crippen LogP contribution in [0.1, 0.15) is 111 Å². The molecule has 0 radical (unpaired) electrons. The molecule has 3 unspecified atom stereocenters. The lowest BCUT2D eigenvalue weighted by Gasteiger charge is -2.72. The van der Waals surface area contributed by atoms with E-state index in [1.165, 1.54) is 18.8 Å². The van der Waals surface area contributed by atoms with Crippen molar-refractivity contribution in [3.8, 4) is 11.5 Å². The first kappa shape index (κ1) is 33.2. The summed E-state index contributed by atoms with van der Waals surface area (Å²) in [5, 5.41) is 20.5. The molecule has 10 atom stereocenters. The third-order valence-electron chi connectivity index (χ3n) is 15.3. The summed E-state index contributed by atoms with van der Waals surface area (Å²) in [6, 6.07) is 5.00. The van der Waals surface area contributed by atoms with E-state index in [0.29, 0.717) is 29.4 Å². The zero-order valence-corrected chi connectivity index (χ0v) is 29.2.